The van der Waals surface area contributed by atoms with E-state index < -0.39 is 0 Å². The standard InChI is InChI=1S/C32H45N3O3/c1-6-37-28(36)31(5)14-8-13-30(4)25(31)12-16-32-18-27(29(3,21-32)15-11-26(30)32)38-20-23-19-35(34-33-23)24-10-7-9-22(2)17-24/h7,9-10,17,19,25-27H,6,8,11-16,18,20-21H2,1-5H3/t25-,26-,27+,29-,30+,31+,32-/m0/s1. The van der Waals surface area contributed by atoms with Crippen LogP contribution in [0.1, 0.15) is 96.7 Å². The van der Waals surface area contributed by atoms with E-state index in [2.05, 4.69) is 62.3 Å². The fourth-order valence-electron chi connectivity index (χ4n) is 9.95. The number of rotatable bonds is 6. The molecule has 1 heterocycles. The number of hydrogen-bond acceptors (Lipinski definition) is 5. The van der Waals surface area contributed by atoms with Gasteiger partial charge < -0.3 is 9.47 Å². The number of nitrogens with zero attached hydrogens (tertiary/aromatic N) is 3. The van der Waals surface area contributed by atoms with E-state index >= 15 is 0 Å². The SMILES string of the molecule is CCOC(=O)[C@]1(C)CCC[C@@]2(C)[C@@H]3CC[C@@]4(C)C[C@]3(CC[C@@H]21)C[C@H]4OCc1cn(-c2cccc(C)c2)nn1. The lowest BCUT2D eigenvalue weighted by molar-refractivity contribution is -0.187. The van der Waals surface area contributed by atoms with E-state index in [1.54, 1.807) is 0 Å². The van der Waals surface area contributed by atoms with Crippen LogP contribution >= 0.6 is 0 Å². The van der Waals surface area contributed by atoms with E-state index in [0.717, 1.165) is 37.1 Å². The number of benzene rings is 1. The molecule has 6 rings (SSSR count). The molecule has 0 aliphatic heterocycles. The smallest absolute Gasteiger partial charge is 0.312 e. The van der Waals surface area contributed by atoms with Gasteiger partial charge in [0.2, 0.25) is 0 Å². The first kappa shape index (κ1) is 26.0. The molecule has 2 bridgehead atoms. The summed E-state index contributed by atoms with van der Waals surface area (Å²) in [5, 5.41) is 8.79. The molecular weight excluding hydrogens is 474 g/mol. The maximum absolute atomic E-state index is 13.2. The molecule has 4 aliphatic carbocycles. The fraction of sp³-hybridized carbons (Fsp3) is 0.719. The van der Waals surface area contributed by atoms with Gasteiger partial charge in [0.15, 0.2) is 0 Å². The average Bonchev–Trinajstić information content (AvgIpc) is 3.42. The van der Waals surface area contributed by atoms with Gasteiger partial charge in [-0.25, -0.2) is 4.68 Å². The van der Waals surface area contributed by atoms with Gasteiger partial charge in [-0.15, -0.1) is 5.10 Å². The van der Waals surface area contributed by atoms with E-state index in [1.165, 1.54) is 37.7 Å². The highest BCUT2D eigenvalue weighted by atomic mass is 16.5. The molecule has 6 heteroatoms. The van der Waals surface area contributed by atoms with Gasteiger partial charge in [-0.3, -0.25) is 4.79 Å². The molecule has 0 radical (unpaired) electrons. The topological polar surface area (TPSA) is 66.2 Å². The van der Waals surface area contributed by atoms with Crippen LogP contribution in [0.25, 0.3) is 5.69 Å². The molecule has 206 valence electrons. The first-order valence-corrected chi connectivity index (χ1v) is 14.9. The molecule has 0 N–H and O–H groups in total. The Labute approximate surface area is 227 Å². The molecule has 38 heavy (non-hydrogen) atoms. The number of aromatic nitrogens is 3. The first-order chi connectivity index (χ1) is 18.1. The van der Waals surface area contributed by atoms with Gasteiger partial charge in [-0.2, -0.15) is 0 Å². The highest BCUT2D eigenvalue weighted by Crippen LogP contribution is 2.74. The van der Waals surface area contributed by atoms with Crippen molar-refractivity contribution >= 4 is 5.97 Å². The Hall–Kier alpha value is -2.21. The summed E-state index contributed by atoms with van der Waals surface area (Å²) in [4.78, 5) is 13.2. The second kappa shape index (κ2) is 9.18. The number of fused-ring (bicyclic) bond motifs is 3. The zero-order chi connectivity index (χ0) is 26.8. The van der Waals surface area contributed by atoms with Crippen LogP contribution in [0, 0.1) is 40.4 Å². The molecule has 1 aromatic heterocycles. The van der Waals surface area contributed by atoms with Crippen molar-refractivity contribution in [2.75, 3.05) is 6.61 Å². The molecule has 0 unspecified atom stereocenters. The normalized spacial score (nSPS) is 39.9. The third kappa shape index (κ3) is 3.96. The number of aryl methyl sites for hydroxylation is 1. The summed E-state index contributed by atoms with van der Waals surface area (Å²) in [5.41, 5.74) is 3.52. The second-order valence-electron chi connectivity index (χ2n) is 13.9. The lowest BCUT2D eigenvalue weighted by Gasteiger charge is -2.64. The minimum atomic E-state index is -0.344. The maximum atomic E-state index is 13.2. The molecule has 7 atom stereocenters. The second-order valence-corrected chi connectivity index (χ2v) is 13.9. The minimum Gasteiger partial charge on any atom is -0.466 e. The van der Waals surface area contributed by atoms with Crippen molar-refractivity contribution in [3.8, 4) is 5.69 Å². The van der Waals surface area contributed by atoms with Crippen molar-refractivity contribution in [1.82, 2.24) is 15.0 Å². The summed E-state index contributed by atoms with van der Waals surface area (Å²) in [6, 6.07) is 8.32. The summed E-state index contributed by atoms with van der Waals surface area (Å²) in [7, 11) is 0. The van der Waals surface area contributed by atoms with E-state index in [-0.39, 0.29) is 28.3 Å². The zero-order valence-electron chi connectivity index (χ0n) is 24.0. The number of carbonyl (C=O) groups excluding carboxylic acids is 1. The Morgan fingerprint density at radius 2 is 1.92 bits per heavy atom. The van der Waals surface area contributed by atoms with Gasteiger partial charge in [0.25, 0.3) is 0 Å². The Balaban J connectivity index is 1.19. The predicted octanol–water partition coefficient (Wildman–Crippen LogP) is 6.83. The van der Waals surface area contributed by atoms with Crippen molar-refractivity contribution in [3.05, 3.63) is 41.7 Å². The Morgan fingerprint density at radius 3 is 2.71 bits per heavy atom. The Bertz CT molecular complexity index is 1210. The van der Waals surface area contributed by atoms with E-state index in [0.29, 0.717) is 30.5 Å². The minimum absolute atomic E-state index is 0.0406. The van der Waals surface area contributed by atoms with Crippen molar-refractivity contribution in [2.24, 2.45) is 33.5 Å². The van der Waals surface area contributed by atoms with Crippen LogP contribution in [-0.2, 0) is 20.9 Å². The highest BCUT2D eigenvalue weighted by molar-refractivity contribution is 5.77. The van der Waals surface area contributed by atoms with E-state index in [1.807, 2.05) is 17.8 Å². The average molecular weight is 520 g/mol. The lowest BCUT2D eigenvalue weighted by Crippen LogP contribution is -2.58. The van der Waals surface area contributed by atoms with Crippen LogP contribution in [0.5, 0.6) is 0 Å². The zero-order valence-corrected chi connectivity index (χ0v) is 24.0. The molecule has 1 aromatic carbocycles. The number of esters is 1. The van der Waals surface area contributed by atoms with Gasteiger partial charge in [-0.05, 0) is 118 Å². The van der Waals surface area contributed by atoms with Crippen molar-refractivity contribution in [2.45, 2.75) is 105 Å². The van der Waals surface area contributed by atoms with Crippen LogP contribution in [0.15, 0.2) is 30.5 Å². The van der Waals surface area contributed by atoms with Gasteiger partial charge in [0.1, 0.15) is 5.69 Å². The molecule has 4 saturated carbocycles. The monoisotopic (exact) mass is 519 g/mol. The number of ether oxygens (including phenoxy) is 2. The maximum Gasteiger partial charge on any atom is 0.312 e. The molecule has 6 nitrogen and oxygen atoms in total. The molecule has 4 fully saturated rings. The van der Waals surface area contributed by atoms with Gasteiger partial charge in [0.05, 0.1) is 36.6 Å². The summed E-state index contributed by atoms with van der Waals surface area (Å²) >= 11 is 0. The molecule has 0 saturated heterocycles. The van der Waals surface area contributed by atoms with E-state index in [9.17, 15) is 4.79 Å². The van der Waals surface area contributed by atoms with Gasteiger partial charge in [-0.1, -0.05) is 37.6 Å². The highest BCUT2D eigenvalue weighted by Gasteiger charge is 2.68. The van der Waals surface area contributed by atoms with Gasteiger partial charge in [0, 0.05) is 0 Å². The Kier molecular flexibility index (Phi) is 6.29. The number of carbonyl (C=O) groups is 1. The van der Waals surface area contributed by atoms with E-state index in [4.69, 9.17) is 9.47 Å². The van der Waals surface area contributed by atoms with Crippen molar-refractivity contribution in [1.29, 1.82) is 0 Å². The van der Waals surface area contributed by atoms with Crippen LogP contribution in [-0.4, -0.2) is 33.7 Å². The van der Waals surface area contributed by atoms with Crippen molar-refractivity contribution in [3.63, 3.8) is 0 Å². The summed E-state index contributed by atoms with van der Waals surface area (Å²) < 4.78 is 14.2. The third-order valence-corrected chi connectivity index (χ3v) is 11.6. The molecule has 4 aliphatic rings. The largest absolute Gasteiger partial charge is 0.466 e. The Morgan fingerprint density at radius 1 is 1.11 bits per heavy atom. The summed E-state index contributed by atoms with van der Waals surface area (Å²) in [6.45, 7) is 12.2. The van der Waals surface area contributed by atoms with Crippen LogP contribution < -0.4 is 0 Å². The summed E-state index contributed by atoms with van der Waals surface area (Å²) in [6.07, 6.45) is 12.8. The molecule has 2 aromatic rings. The molecular formula is C32H45N3O3. The fourth-order valence-corrected chi connectivity index (χ4v) is 9.95. The lowest BCUT2D eigenvalue weighted by atomic mass is 9.40. The van der Waals surface area contributed by atoms with Crippen LogP contribution in [0.4, 0.5) is 0 Å². The van der Waals surface area contributed by atoms with Crippen molar-refractivity contribution < 1.29 is 14.3 Å². The van der Waals surface area contributed by atoms with Gasteiger partial charge >= 0.3 is 5.97 Å². The predicted molar refractivity (Wildman–Crippen MR) is 147 cm³/mol. The quantitative estimate of drug-likeness (QED) is 0.392. The number of hydrogen-bond donors (Lipinski definition) is 0. The molecule has 1 spiro atoms. The first-order valence-electron chi connectivity index (χ1n) is 14.9. The summed E-state index contributed by atoms with van der Waals surface area (Å²) in [5.74, 6) is 1.12. The third-order valence-electron chi connectivity index (χ3n) is 11.6. The van der Waals surface area contributed by atoms with Crippen LogP contribution in [0.3, 0.4) is 0 Å². The van der Waals surface area contributed by atoms with Crippen LogP contribution in [0.2, 0.25) is 0 Å². The molecule has 0 amide bonds.